The molecule has 0 saturated carbocycles. The standard InChI is InChI=1S/C44H28N2O/c1-3-10-32(11-4-1)39-28-40(46-44(45-39)35-12-5-2-6-13-35)33-26-22-30(23-27-33)29-20-24-31(25-21-29)36-16-9-18-38-37-17-7-14-34-15-8-19-41(42(34)37)47-43(36)38/h1-28H. The van der Waals surface area contributed by atoms with Crippen molar-refractivity contribution in [3.8, 4) is 78.8 Å². The molecule has 1 aliphatic heterocycles. The van der Waals surface area contributed by atoms with Crippen LogP contribution in [0.3, 0.4) is 0 Å². The van der Waals surface area contributed by atoms with E-state index in [1.165, 1.54) is 16.3 Å². The molecule has 0 saturated heterocycles. The summed E-state index contributed by atoms with van der Waals surface area (Å²) in [6.07, 6.45) is 0. The Morgan fingerprint density at radius 3 is 1.55 bits per heavy atom. The van der Waals surface area contributed by atoms with Gasteiger partial charge < -0.3 is 4.74 Å². The fourth-order valence-electron chi connectivity index (χ4n) is 6.56. The first kappa shape index (κ1) is 27.0. The van der Waals surface area contributed by atoms with Crippen LogP contribution in [-0.4, -0.2) is 9.97 Å². The number of hydrogen-bond acceptors (Lipinski definition) is 3. The third-order valence-corrected chi connectivity index (χ3v) is 8.92. The van der Waals surface area contributed by atoms with E-state index in [-0.39, 0.29) is 0 Å². The molecule has 0 unspecified atom stereocenters. The highest BCUT2D eigenvalue weighted by molar-refractivity contribution is 6.05. The van der Waals surface area contributed by atoms with Crippen LogP contribution in [0.15, 0.2) is 170 Å². The first-order valence-corrected chi connectivity index (χ1v) is 15.8. The van der Waals surface area contributed by atoms with E-state index >= 15 is 0 Å². The predicted molar refractivity (Wildman–Crippen MR) is 192 cm³/mol. The van der Waals surface area contributed by atoms with Crippen molar-refractivity contribution in [3.05, 3.63) is 170 Å². The maximum Gasteiger partial charge on any atom is 0.160 e. The first-order valence-electron chi connectivity index (χ1n) is 15.8. The molecule has 1 aromatic heterocycles. The summed E-state index contributed by atoms with van der Waals surface area (Å²) in [6.45, 7) is 0. The summed E-state index contributed by atoms with van der Waals surface area (Å²) in [7, 11) is 0. The molecule has 7 aromatic carbocycles. The fourth-order valence-corrected chi connectivity index (χ4v) is 6.56. The molecule has 0 amide bonds. The number of ether oxygens (including phenoxy) is 1. The smallest absolute Gasteiger partial charge is 0.160 e. The predicted octanol–water partition coefficient (Wildman–Crippen LogP) is 11.7. The van der Waals surface area contributed by atoms with E-state index in [4.69, 9.17) is 14.7 Å². The molecular weight excluding hydrogens is 572 g/mol. The molecule has 0 aliphatic carbocycles. The molecule has 3 heteroatoms. The van der Waals surface area contributed by atoms with Gasteiger partial charge in [-0.05, 0) is 39.8 Å². The maximum atomic E-state index is 6.57. The summed E-state index contributed by atoms with van der Waals surface area (Å²) in [5.41, 5.74) is 11.8. The number of fused-ring (bicyclic) bond motifs is 2. The number of rotatable bonds is 5. The average Bonchev–Trinajstić information content (AvgIpc) is 3.15. The number of nitrogens with zero attached hydrogens (tertiary/aromatic N) is 2. The molecule has 0 spiro atoms. The Kier molecular flexibility index (Phi) is 6.46. The molecular formula is C44H28N2O. The summed E-state index contributed by atoms with van der Waals surface area (Å²) in [5.74, 6) is 2.53. The van der Waals surface area contributed by atoms with Gasteiger partial charge in [0.2, 0.25) is 0 Å². The van der Waals surface area contributed by atoms with Crippen LogP contribution >= 0.6 is 0 Å². The fraction of sp³-hybridized carbons (Fsp3) is 0. The Hall–Kier alpha value is -6.32. The second kappa shape index (κ2) is 11.2. The van der Waals surface area contributed by atoms with Gasteiger partial charge in [-0.15, -0.1) is 0 Å². The van der Waals surface area contributed by atoms with E-state index in [0.717, 1.165) is 67.4 Å². The second-order valence-corrected chi connectivity index (χ2v) is 11.8. The van der Waals surface area contributed by atoms with Crippen molar-refractivity contribution in [2.24, 2.45) is 0 Å². The molecule has 220 valence electrons. The monoisotopic (exact) mass is 600 g/mol. The Labute approximate surface area is 273 Å². The third kappa shape index (κ3) is 4.86. The average molecular weight is 601 g/mol. The van der Waals surface area contributed by atoms with Crippen molar-refractivity contribution < 1.29 is 4.74 Å². The minimum Gasteiger partial charge on any atom is -0.455 e. The van der Waals surface area contributed by atoms with Crippen molar-refractivity contribution in [1.29, 1.82) is 0 Å². The highest BCUT2D eigenvalue weighted by atomic mass is 16.5. The molecule has 0 radical (unpaired) electrons. The number of para-hydroxylation sites is 1. The van der Waals surface area contributed by atoms with Crippen LogP contribution in [0, 0.1) is 0 Å². The number of hydrogen-bond donors (Lipinski definition) is 0. The van der Waals surface area contributed by atoms with Crippen LogP contribution in [0.25, 0.3) is 78.1 Å². The summed E-state index contributed by atoms with van der Waals surface area (Å²) in [4.78, 5) is 9.91. The number of benzene rings is 7. The van der Waals surface area contributed by atoms with Gasteiger partial charge in [0.25, 0.3) is 0 Å². The summed E-state index contributed by atoms with van der Waals surface area (Å²) in [5, 5.41) is 2.37. The Morgan fingerprint density at radius 2 is 0.872 bits per heavy atom. The normalized spacial score (nSPS) is 11.6. The quantitative estimate of drug-likeness (QED) is 0.197. The summed E-state index contributed by atoms with van der Waals surface area (Å²) in [6, 6.07) is 59.0. The van der Waals surface area contributed by atoms with Gasteiger partial charge in [-0.3, -0.25) is 0 Å². The summed E-state index contributed by atoms with van der Waals surface area (Å²) < 4.78 is 6.57. The Balaban J connectivity index is 1.04. The molecule has 1 aliphatic rings. The van der Waals surface area contributed by atoms with E-state index in [0.29, 0.717) is 5.82 Å². The lowest BCUT2D eigenvalue weighted by molar-refractivity contribution is 0.489. The van der Waals surface area contributed by atoms with Crippen molar-refractivity contribution in [1.82, 2.24) is 9.97 Å². The van der Waals surface area contributed by atoms with E-state index in [1.807, 2.05) is 36.4 Å². The Bertz CT molecular complexity index is 2340. The topological polar surface area (TPSA) is 35.0 Å². The number of aromatic nitrogens is 2. The van der Waals surface area contributed by atoms with Crippen LogP contribution in [0.2, 0.25) is 0 Å². The Morgan fingerprint density at radius 1 is 0.362 bits per heavy atom. The van der Waals surface area contributed by atoms with Gasteiger partial charge in [0.05, 0.1) is 11.4 Å². The van der Waals surface area contributed by atoms with Crippen molar-refractivity contribution in [2.75, 3.05) is 0 Å². The van der Waals surface area contributed by atoms with Gasteiger partial charge in [0.15, 0.2) is 5.82 Å². The van der Waals surface area contributed by atoms with Crippen LogP contribution < -0.4 is 4.74 Å². The van der Waals surface area contributed by atoms with Gasteiger partial charge in [0.1, 0.15) is 11.5 Å². The van der Waals surface area contributed by atoms with Crippen LogP contribution in [0.4, 0.5) is 0 Å². The van der Waals surface area contributed by atoms with Gasteiger partial charge in [-0.25, -0.2) is 9.97 Å². The first-order chi connectivity index (χ1) is 23.3. The largest absolute Gasteiger partial charge is 0.455 e. The zero-order chi connectivity index (χ0) is 31.2. The van der Waals surface area contributed by atoms with Crippen molar-refractivity contribution in [3.63, 3.8) is 0 Å². The molecule has 0 fully saturated rings. The van der Waals surface area contributed by atoms with E-state index in [9.17, 15) is 0 Å². The highest BCUT2D eigenvalue weighted by Gasteiger charge is 2.22. The minimum absolute atomic E-state index is 0.717. The third-order valence-electron chi connectivity index (χ3n) is 8.92. The lowest BCUT2D eigenvalue weighted by Gasteiger charge is -2.23. The van der Waals surface area contributed by atoms with Crippen molar-refractivity contribution in [2.45, 2.75) is 0 Å². The SMILES string of the molecule is c1ccc(-c2cc(-c3ccc(-c4ccc(-c5cccc6c5Oc5cccc7cccc-6c57)cc4)cc3)nc(-c3ccccc3)n2)cc1. The van der Waals surface area contributed by atoms with E-state index < -0.39 is 0 Å². The van der Waals surface area contributed by atoms with Crippen molar-refractivity contribution >= 4 is 10.8 Å². The molecule has 0 bridgehead atoms. The molecule has 0 atom stereocenters. The lowest BCUT2D eigenvalue weighted by Crippen LogP contribution is -1.98. The molecule has 3 nitrogen and oxygen atoms in total. The van der Waals surface area contributed by atoms with E-state index in [1.54, 1.807) is 0 Å². The van der Waals surface area contributed by atoms with Gasteiger partial charge >= 0.3 is 0 Å². The molecule has 47 heavy (non-hydrogen) atoms. The van der Waals surface area contributed by atoms with Crippen LogP contribution in [0.5, 0.6) is 11.5 Å². The van der Waals surface area contributed by atoms with Gasteiger partial charge in [-0.2, -0.15) is 0 Å². The molecule has 2 heterocycles. The molecule has 9 rings (SSSR count). The van der Waals surface area contributed by atoms with Gasteiger partial charge in [0, 0.05) is 33.2 Å². The molecule has 0 N–H and O–H groups in total. The lowest BCUT2D eigenvalue weighted by atomic mass is 9.91. The molecule has 8 aromatic rings. The van der Waals surface area contributed by atoms with Gasteiger partial charge in [-0.1, -0.05) is 158 Å². The second-order valence-electron chi connectivity index (χ2n) is 11.8. The zero-order valence-electron chi connectivity index (χ0n) is 25.5. The highest BCUT2D eigenvalue weighted by Crippen LogP contribution is 2.50. The summed E-state index contributed by atoms with van der Waals surface area (Å²) >= 11 is 0. The van der Waals surface area contributed by atoms with Crippen LogP contribution in [-0.2, 0) is 0 Å². The van der Waals surface area contributed by atoms with E-state index in [2.05, 4.69) is 133 Å². The minimum atomic E-state index is 0.717. The maximum absolute atomic E-state index is 6.57. The van der Waals surface area contributed by atoms with Crippen LogP contribution in [0.1, 0.15) is 0 Å². The zero-order valence-corrected chi connectivity index (χ0v) is 25.5.